The van der Waals surface area contributed by atoms with Crippen molar-refractivity contribution in [3.8, 4) is 11.5 Å². The van der Waals surface area contributed by atoms with E-state index in [1.807, 2.05) is 47.4 Å². The molecule has 1 aliphatic carbocycles. The van der Waals surface area contributed by atoms with Gasteiger partial charge in [-0.25, -0.2) is 0 Å². The van der Waals surface area contributed by atoms with Crippen LogP contribution in [0.25, 0.3) is 0 Å². The number of benzene rings is 2. The normalized spacial score (nSPS) is 17.0. The molecule has 30 heavy (non-hydrogen) atoms. The molecule has 6 heteroatoms. The maximum absolute atomic E-state index is 12.6. The zero-order valence-corrected chi connectivity index (χ0v) is 17.4. The predicted octanol–water partition coefficient (Wildman–Crippen LogP) is 3.93. The maximum Gasteiger partial charge on any atom is 0.261 e. The number of nitrogens with one attached hydrogen (secondary N) is 1. The number of fused-ring (bicyclic) bond motifs is 1. The molecular weight excluding hydrogens is 380 g/mol. The Kier molecular flexibility index (Phi) is 6.21. The fourth-order valence-corrected chi connectivity index (χ4v) is 4.31. The van der Waals surface area contributed by atoms with E-state index in [9.17, 15) is 9.59 Å². The third-order valence-electron chi connectivity index (χ3n) is 5.87. The summed E-state index contributed by atoms with van der Waals surface area (Å²) in [5, 5.41) is 2.97. The van der Waals surface area contributed by atoms with Crippen LogP contribution in [0.3, 0.4) is 0 Å². The van der Waals surface area contributed by atoms with Gasteiger partial charge in [0, 0.05) is 23.8 Å². The van der Waals surface area contributed by atoms with Crippen molar-refractivity contribution in [2.24, 2.45) is 0 Å². The molecule has 158 valence electrons. The Labute approximate surface area is 177 Å². The number of carbonyl (C=O) groups is 2. The van der Waals surface area contributed by atoms with Crippen LogP contribution in [0.2, 0.25) is 0 Å². The minimum absolute atomic E-state index is 0.0433. The van der Waals surface area contributed by atoms with Crippen LogP contribution in [0, 0.1) is 0 Å². The van der Waals surface area contributed by atoms with Gasteiger partial charge in [-0.05, 0) is 48.7 Å². The van der Waals surface area contributed by atoms with Crippen molar-refractivity contribution in [2.75, 3.05) is 19.0 Å². The standard InChI is InChI=1S/C24H28N2O4/c1-29-21-9-5-6-17(12-21)13-23(27)25-19-10-11-22-18(14-19)15-26(24(28)16-30-22)20-7-3-2-4-8-20/h5-6,9-12,14,20H,2-4,7-8,13,15-16H2,1H3,(H,25,27). The quantitative estimate of drug-likeness (QED) is 0.814. The van der Waals surface area contributed by atoms with Crippen LogP contribution in [0.4, 0.5) is 5.69 Å². The smallest absolute Gasteiger partial charge is 0.261 e. The molecule has 2 aromatic carbocycles. The molecule has 2 aromatic rings. The molecule has 1 saturated carbocycles. The summed E-state index contributed by atoms with van der Waals surface area (Å²) >= 11 is 0. The minimum atomic E-state index is -0.0991. The highest BCUT2D eigenvalue weighted by Gasteiger charge is 2.29. The second kappa shape index (κ2) is 9.20. The van der Waals surface area contributed by atoms with Crippen molar-refractivity contribution in [3.63, 3.8) is 0 Å². The lowest BCUT2D eigenvalue weighted by atomic mass is 9.93. The Morgan fingerprint density at radius 3 is 2.80 bits per heavy atom. The summed E-state index contributed by atoms with van der Waals surface area (Å²) in [5.41, 5.74) is 2.54. The lowest BCUT2D eigenvalue weighted by Gasteiger charge is -2.33. The van der Waals surface area contributed by atoms with Gasteiger partial charge in [0.05, 0.1) is 13.5 Å². The van der Waals surface area contributed by atoms with Gasteiger partial charge in [-0.2, -0.15) is 0 Å². The van der Waals surface area contributed by atoms with Crippen LogP contribution >= 0.6 is 0 Å². The van der Waals surface area contributed by atoms with E-state index in [4.69, 9.17) is 9.47 Å². The second-order valence-corrected chi connectivity index (χ2v) is 8.00. The van der Waals surface area contributed by atoms with E-state index in [1.54, 1.807) is 7.11 Å². The van der Waals surface area contributed by atoms with Gasteiger partial charge in [-0.3, -0.25) is 9.59 Å². The molecule has 0 bridgehead atoms. The van der Waals surface area contributed by atoms with Crippen LogP contribution in [0.1, 0.15) is 43.2 Å². The first-order valence-electron chi connectivity index (χ1n) is 10.6. The second-order valence-electron chi connectivity index (χ2n) is 8.00. The van der Waals surface area contributed by atoms with Crippen molar-refractivity contribution in [1.29, 1.82) is 0 Å². The fourth-order valence-electron chi connectivity index (χ4n) is 4.31. The van der Waals surface area contributed by atoms with Gasteiger partial charge in [0.1, 0.15) is 11.5 Å². The molecule has 0 saturated heterocycles. The molecule has 0 aromatic heterocycles. The predicted molar refractivity (Wildman–Crippen MR) is 115 cm³/mol. The highest BCUT2D eigenvalue weighted by atomic mass is 16.5. The average molecular weight is 408 g/mol. The van der Waals surface area contributed by atoms with Crippen molar-refractivity contribution < 1.29 is 19.1 Å². The van der Waals surface area contributed by atoms with E-state index in [-0.39, 0.29) is 30.9 Å². The van der Waals surface area contributed by atoms with E-state index < -0.39 is 0 Å². The van der Waals surface area contributed by atoms with Gasteiger partial charge in [0.2, 0.25) is 5.91 Å². The highest BCUT2D eigenvalue weighted by molar-refractivity contribution is 5.92. The lowest BCUT2D eigenvalue weighted by Crippen LogP contribution is -2.42. The third-order valence-corrected chi connectivity index (χ3v) is 5.87. The Morgan fingerprint density at radius 1 is 1.17 bits per heavy atom. The SMILES string of the molecule is COc1cccc(CC(=O)Nc2ccc3c(c2)CN(C2CCCCC2)C(=O)CO3)c1. The summed E-state index contributed by atoms with van der Waals surface area (Å²) in [7, 11) is 1.61. The van der Waals surface area contributed by atoms with Gasteiger partial charge in [0.25, 0.3) is 5.91 Å². The number of hydrogen-bond donors (Lipinski definition) is 1. The van der Waals surface area contributed by atoms with Crippen LogP contribution in [-0.2, 0) is 22.6 Å². The van der Waals surface area contributed by atoms with Crippen LogP contribution in [-0.4, -0.2) is 36.5 Å². The van der Waals surface area contributed by atoms with Crippen molar-refractivity contribution in [2.45, 2.75) is 51.1 Å². The summed E-state index contributed by atoms with van der Waals surface area (Å²) in [6, 6.07) is 13.4. The van der Waals surface area contributed by atoms with Gasteiger partial charge in [0.15, 0.2) is 6.61 Å². The monoisotopic (exact) mass is 408 g/mol. The average Bonchev–Trinajstić information content (AvgIpc) is 2.93. The Hall–Kier alpha value is -3.02. The molecule has 4 rings (SSSR count). The number of carbonyl (C=O) groups excluding carboxylic acids is 2. The zero-order chi connectivity index (χ0) is 20.9. The summed E-state index contributed by atoms with van der Waals surface area (Å²) < 4.78 is 11.0. The topological polar surface area (TPSA) is 67.9 Å². The van der Waals surface area contributed by atoms with E-state index in [0.29, 0.717) is 18.0 Å². The molecule has 1 aliphatic heterocycles. The first-order chi connectivity index (χ1) is 14.6. The maximum atomic E-state index is 12.6. The molecule has 0 radical (unpaired) electrons. The minimum Gasteiger partial charge on any atom is -0.497 e. The summed E-state index contributed by atoms with van der Waals surface area (Å²) in [4.78, 5) is 27.1. The molecule has 0 spiro atoms. The van der Waals surface area contributed by atoms with Crippen LogP contribution in [0.5, 0.6) is 11.5 Å². The number of nitrogens with zero attached hydrogens (tertiary/aromatic N) is 1. The van der Waals surface area contributed by atoms with Gasteiger partial charge < -0.3 is 19.7 Å². The molecule has 1 heterocycles. The molecular formula is C24H28N2O4. The number of amides is 2. The van der Waals surface area contributed by atoms with Gasteiger partial charge >= 0.3 is 0 Å². The first kappa shape index (κ1) is 20.3. The third kappa shape index (κ3) is 4.75. The molecule has 2 amide bonds. The number of ether oxygens (including phenoxy) is 2. The Bertz CT molecular complexity index is 921. The Balaban J connectivity index is 1.46. The molecule has 2 aliphatic rings. The van der Waals surface area contributed by atoms with Crippen LogP contribution in [0.15, 0.2) is 42.5 Å². The van der Waals surface area contributed by atoms with Crippen molar-refractivity contribution >= 4 is 17.5 Å². The summed E-state index contributed by atoms with van der Waals surface area (Å²) in [6.07, 6.45) is 5.95. The summed E-state index contributed by atoms with van der Waals surface area (Å²) in [6.45, 7) is 0.601. The number of rotatable bonds is 5. The van der Waals surface area contributed by atoms with Crippen molar-refractivity contribution in [3.05, 3.63) is 53.6 Å². The van der Waals surface area contributed by atoms with E-state index in [0.717, 1.165) is 29.7 Å². The van der Waals surface area contributed by atoms with Gasteiger partial charge in [-0.1, -0.05) is 31.4 Å². The van der Waals surface area contributed by atoms with E-state index >= 15 is 0 Å². The summed E-state index contributed by atoms with van der Waals surface area (Å²) in [5.74, 6) is 1.39. The molecule has 1 N–H and O–H groups in total. The number of methoxy groups -OCH3 is 1. The molecule has 0 atom stereocenters. The molecule has 6 nitrogen and oxygen atoms in total. The highest BCUT2D eigenvalue weighted by Crippen LogP contribution is 2.31. The number of anilines is 1. The Morgan fingerprint density at radius 2 is 2.00 bits per heavy atom. The largest absolute Gasteiger partial charge is 0.497 e. The van der Waals surface area contributed by atoms with Crippen LogP contribution < -0.4 is 14.8 Å². The zero-order valence-electron chi connectivity index (χ0n) is 17.4. The van der Waals surface area contributed by atoms with Crippen molar-refractivity contribution in [1.82, 2.24) is 4.90 Å². The number of hydrogen-bond acceptors (Lipinski definition) is 4. The van der Waals surface area contributed by atoms with E-state index in [2.05, 4.69) is 5.32 Å². The molecule has 1 fully saturated rings. The van der Waals surface area contributed by atoms with E-state index in [1.165, 1.54) is 19.3 Å². The first-order valence-corrected chi connectivity index (χ1v) is 10.6. The van der Waals surface area contributed by atoms with Gasteiger partial charge in [-0.15, -0.1) is 0 Å². The molecule has 0 unspecified atom stereocenters. The lowest BCUT2D eigenvalue weighted by molar-refractivity contribution is -0.136. The fraction of sp³-hybridized carbons (Fsp3) is 0.417.